The van der Waals surface area contributed by atoms with E-state index in [1.54, 1.807) is 13.1 Å². The number of carbonyl (C=O) groups excluding carboxylic acids is 1. The van der Waals surface area contributed by atoms with Crippen LogP contribution in [0.2, 0.25) is 25.7 Å². The molecule has 0 bridgehead atoms. The predicted molar refractivity (Wildman–Crippen MR) is 141 cm³/mol. The summed E-state index contributed by atoms with van der Waals surface area (Å²) in [5.74, 6) is -0.788. The van der Waals surface area contributed by atoms with Crippen molar-refractivity contribution < 1.29 is 17.9 Å². The number of hydrogen-bond acceptors (Lipinski definition) is 8. The number of aromatic nitrogens is 5. The first-order valence-electron chi connectivity index (χ1n) is 12.0. The largest absolute Gasteiger partial charge is 0.364 e. The van der Waals surface area contributed by atoms with E-state index in [0.717, 1.165) is 6.04 Å². The van der Waals surface area contributed by atoms with Crippen LogP contribution in [-0.4, -0.2) is 76.5 Å². The smallest absolute Gasteiger partial charge is 0.269 e. The number of fused-ring (bicyclic) bond motifs is 1. The van der Waals surface area contributed by atoms with Gasteiger partial charge in [0.25, 0.3) is 5.91 Å². The summed E-state index contributed by atoms with van der Waals surface area (Å²) in [6.45, 7) is 9.62. The minimum atomic E-state index is -3.42. The van der Waals surface area contributed by atoms with Gasteiger partial charge in [-0.1, -0.05) is 19.6 Å². The Kier molecular flexibility index (Phi) is 7.26. The number of carbonyl (C=O) groups is 1. The van der Waals surface area contributed by atoms with Crippen LogP contribution >= 0.6 is 0 Å². The molecule has 0 unspecified atom stereocenters. The van der Waals surface area contributed by atoms with Gasteiger partial charge < -0.3 is 15.0 Å². The number of hydrogen-bond donors (Lipinski definition) is 1. The molecule has 0 saturated carbocycles. The SMILES string of the molecule is CCS(=O)(=O)N1CC(CC#N)(n2cc(-c3ncnc4c3ccn4COCC[Si](C)(C)C)c(C(N)=O)n2)C1. The molecular weight excluding hydrogens is 512 g/mol. The van der Waals surface area contributed by atoms with Gasteiger partial charge in [-0.25, -0.2) is 18.4 Å². The lowest BCUT2D eigenvalue weighted by molar-refractivity contribution is 0.0709. The average Bonchev–Trinajstić information content (AvgIpc) is 3.43. The van der Waals surface area contributed by atoms with Gasteiger partial charge in [-0.15, -0.1) is 0 Å². The lowest BCUT2D eigenvalue weighted by atomic mass is 9.89. The second-order valence-corrected chi connectivity index (χ2v) is 18.4. The first-order chi connectivity index (χ1) is 17.4. The summed E-state index contributed by atoms with van der Waals surface area (Å²) < 4.78 is 35.2. The Balaban J connectivity index is 1.68. The van der Waals surface area contributed by atoms with E-state index in [0.29, 0.717) is 35.6 Å². The summed E-state index contributed by atoms with van der Waals surface area (Å²) in [6, 6.07) is 5.02. The molecule has 198 valence electrons. The van der Waals surface area contributed by atoms with Crippen molar-refractivity contribution >= 4 is 35.0 Å². The molecule has 0 spiro atoms. The van der Waals surface area contributed by atoms with Gasteiger partial charge in [0.15, 0.2) is 5.69 Å². The lowest BCUT2D eigenvalue weighted by Gasteiger charge is -2.47. The van der Waals surface area contributed by atoms with E-state index >= 15 is 0 Å². The molecule has 1 fully saturated rings. The topological polar surface area (TPSA) is 162 Å². The molecule has 4 heterocycles. The number of nitrogens with two attached hydrogens (primary N) is 1. The van der Waals surface area contributed by atoms with Gasteiger partial charge in [0.05, 0.1) is 29.5 Å². The van der Waals surface area contributed by atoms with Crippen molar-refractivity contribution in [1.82, 2.24) is 28.6 Å². The molecule has 37 heavy (non-hydrogen) atoms. The molecule has 3 aromatic heterocycles. The molecule has 1 aliphatic heterocycles. The van der Waals surface area contributed by atoms with Crippen molar-refractivity contribution in [3.8, 4) is 17.3 Å². The number of rotatable bonds is 11. The summed E-state index contributed by atoms with van der Waals surface area (Å²) in [7, 11) is -4.62. The maximum Gasteiger partial charge on any atom is 0.269 e. The summed E-state index contributed by atoms with van der Waals surface area (Å²) in [5, 5.41) is 14.6. The zero-order chi connectivity index (χ0) is 27.0. The molecule has 1 saturated heterocycles. The second kappa shape index (κ2) is 9.97. The Bertz CT molecular complexity index is 1460. The average molecular weight is 545 g/mol. The van der Waals surface area contributed by atoms with Crippen molar-refractivity contribution in [2.24, 2.45) is 5.73 Å². The maximum atomic E-state index is 12.4. The summed E-state index contributed by atoms with van der Waals surface area (Å²) in [6.07, 6.45) is 4.90. The highest BCUT2D eigenvalue weighted by Gasteiger charge is 2.50. The quantitative estimate of drug-likeness (QED) is 0.283. The highest BCUT2D eigenvalue weighted by Crippen LogP contribution is 2.37. The fraction of sp³-hybridized carbons (Fsp3) is 0.522. The van der Waals surface area contributed by atoms with Crippen LogP contribution in [0.1, 0.15) is 23.8 Å². The van der Waals surface area contributed by atoms with E-state index in [2.05, 4.69) is 40.8 Å². The lowest BCUT2D eigenvalue weighted by Crippen LogP contribution is -2.64. The fourth-order valence-electron chi connectivity index (χ4n) is 4.31. The third-order valence-corrected chi connectivity index (χ3v) is 10.1. The molecule has 0 aliphatic carbocycles. The number of nitrogens with zero attached hydrogens (tertiary/aromatic N) is 7. The number of ether oxygens (including phenoxy) is 1. The molecule has 0 radical (unpaired) electrons. The summed E-state index contributed by atoms with van der Waals surface area (Å²) >= 11 is 0. The second-order valence-electron chi connectivity index (χ2n) is 10.5. The predicted octanol–water partition coefficient (Wildman–Crippen LogP) is 1.98. The number of primary amides is 1. The zero-order valence-electron chi connectivity index (χ0n) is 21.5. The number of nitriles is 1. The minimum absolute atomic E-state index is 0.00625. The number of amides is 1. The molecule has 4 rings (SSSR count). The highest BCUT2D eigenvalue weighted by atomic mass is 32.2. The Morgan fingerprint density at radius 3 is 2.65 bits per heavy atom. The molecule has 1 amide bonds. The number of sulfonamides is 1. The first kappa shape index (κ1) is 26.9. The van der Waals surface area contributed by atoms with Gasteiger partial charge >= 0.3 is 0 Å². The molecule has 1 aliphatic rings. The first-order valence-corrected chi connectivity index (χ1v) is 17.3. The summed E-state index contributed by atoms with van der Waals surface area (Å²) in [5.41, 5.74) is 6.27. The van der Waals surface area contributed by atoms with Crippen LogP contribution in [0, 0.1) is 11.3 Å². The highest BCUT2D eigenvalue weighted by molar-refractivity contribution is 7.89. The summed E-state index contributed by atoms with van der Waals surface area (Å²) in [4.78, 5) is 21.2. The van der Waals surface area contributed by atoms with Crippen molar-refractivity contribution in [2.45, 2.75) is 51.3 Å². The Morgan fingerprint density at radius 2 is 2.03 bits per heavy atom. The van der Waals surface area contributed by atoms with Crippen LogP contribution in [0.4, 0.5) is 0 Å². The van der Waals surface area contributed by atoms with Gasteiger partial charge in [0, 0.05) is 45.6 Å². The molecule has 3 aromatic rings. The van der Waals surface area contributed by atoms with Crippen LogP contribution in [0.3, 0.4) is 0 Å². The third kappa shape index (κ3) is 5.30. The normalized spacial score (nSPS) is 16.0. The van der Waals surface area contributed by atoms with Gasteiger partial charge in [0.1, 0.15) is 24.2 Å². The standard InChI is InChI=1S/C23H32N8O4SSi/c1-5-36(33,34)30-13-23(14-30,7-8-24)31-12-18(20(28-31)21(25)32)19-17-6-9-29(22(17)27-15-26-19)16-35-10-11-37(2,3)4/h6,9,12,15H,5,7,10-11,13-14,16H2,1-4H3,(H2,25,32). The van der Waals surface area contributed by atoms with Crippen molar-refractivity contribution in [3.05, 3.63) is 30.5 Å². The minimum Gasteiger partial charge on any atom is -0.364 e. The monoisotopic (exact) mass is 544 g/mol. The molecule has 0 aromatic carbocycles. The van der Waals surface area contributed by atoms with E-state index < -0.39 is 29.5 Å². The van der Waals surface area contributed by atoms with E-state index in [4.69, 9.17) is 10.5 Å². The van der Waals surface area contributed by atoms with Gasteiger partial charge in [-0.2, -0.15) is 14.7 Å². The fourth-order valence-corrected chi connectivity index (χ4v) is 6.31. The Morgan fingerprint density at radius 1 is 1.30 bits per heavy atom. The molecule has 12 nitrogen and oxygen atoms in total. The molecular formula is C23H32N8O4SSi. The molecule has 14 heteroatoms. The van der Waals surface area contributed by atoms with E-state index in [1.165, 1.54) is 15.3 Å². The maximum absolute atomic E-state index is 12.4. The van der Waals surface area contributed by atoms with Gasteiger partial charge in [-0.05, 0) is 19.0 Å². The van der Waals surface area contributed by atoms with Crippen LogP contribution < -0.4 is 5.73 Å². The molecule has 0 atom stereocenters. The van der Waals surface area contributed by atoms with Crippen molar-refractivity contribution in [2.75, 3.05) is 25.4 Å². The van der Waals surface area contributed by atoms with Crippen LogP contribution in [0.5, 0.6) is 0 Å². The van der Waals surface area contributed by atoms with Gasteiger partial charge in [-0.3, -0.25) is 9.48 Å². The Labute approximate surface area is 217 Å². The van der Waals surface area contributed by atoms with E-state index in [9.17, 15) is 18.5 Å². The zero-order valence-corrected chi connectivity index (χ0v) is 23.3. The van der Waals surface area contributed by atoms with Crippen LogP contribution in [0.25, 0.3) is 22.3 Å². The Hall–Kier alpha value is -3.12. The van der Waals surface area contributed by atoms with Crippen molar-refractivity contribution in [1.29, 1.82) is 5.26 Å². The van der Waals surface area contributed by atoms with E-state index in [-0.39, 0.29) is 31.0 Å². The van der Waals surface area contributed by atoms with E-state index in [1.807, 2.05) is 16.8 Å². The van der Waals surface area contributed by atoms with Crippen molar-refractivity contribution in [3.63, 3.8) is 0 Å². The van der Waals surface area contributed by atoms with Crippen LogP contribution in [-0.2, 0) is 27.0 Å². The van der Waals surface area contributed by atoms with Gasteiger partial charge in [0.2, 0.25) is 10.0 Å². The van der Waals surface area contributed by atoms with Crippen LogP contribution in [0.15, 0.2) is 24.8 Å². The molecule has 2 N–H and O–H groups in total. The third-order valence-electron chi connectivity index (χ3n) is 6.58.